The molecule has 0 radical (unpaired) electrons. The topological polar surface area (TPSA) is 75.7 Å². The zero-order valence-electron chi connectivity index (χ0n) is 15.9. The molecule has 6 heteroatoms. The summed E-state index contributed by atoms with van der Waals surface area (Å²) in [6.07, 6.45) is 1.54. The lowest BCUT2D eigenvalue weighted by molar-refractivity contribution is -0.136. The van der Waals surface area contributed by atoms with Crippen LogP contribution in [0.2, 0.25) is 0 Å². The molecule has 1 aliphatic rings. The number of ether oxygens (including phenoxy) is 1. The van der Waals surface area contributed by atoms with Crippen molar-refractivity contribution in [2.45, 2.75) is 19.8 Å². The summed E-state index contributed by atoms with van der Waals surface area (Å²) >= 11 is 0. The molecule has 1 atom stereocenters. The molecule has 0 aromatic heterocycles. The number of anilines is 1. The fraction of sp³-hybridized carbons (Fsp3) is 0.318. The van der Waals surface area contributed by atoms with Crippen molar-refractivity contribution >= 4 is 23.3 Å². The van der Waals surface area contributed by atoms with Gasteiger partial charge in [-0.2, -0.15) is 0 Å². The number of benzene rings is 2. The Balaban J connectivity index is 1.51. The van der Waals surface area contributed by atoms with E-state index in [9.17, 15) is 14.4 Å². The van der Waals surface area contributed by atoms with Crippen molar-refractivity contribution in [3.8, 4) is 5.75 Å². The van der Waals surface area contributed by atoms with Crippen molar-refractivity contribution in [3.05, 3.63) is 60.2 Å². The second-order valence-electron chi connectivity index (χ2n) is 6.90. The van der Waals surface area contributed by atoms with Gasteiger partial charge >= 0.3 is 0 Å². The van der Waals surface area contributed by atoms with Crippen molar-refractivity contribution < 1.29 is 19.1 Å². The second-order valence-corrected chi connectivity index (χ2v) is 6.90. The van der Waals surface area contributed by atoms with Gasteiger partial charge < -0.3 is 15.0 Å². The Morgan fingerprint density at radius 1 is 1.07 bits per heavy atom. The van der Waals surface area contributed by atoms with E-state index in [2.05, 4.69) is 5.32 Å². The predicted octanol–water partition coefficient (Wildman–Crippen LogP) is 3.15. The van der Waals surface area contributed by atoms with Crippen molar-refractivity contribution in [2.24, 2.45) is 5.92 Å². The number of amides is 2. The molecule has 146 valence electrons. The van der Waals surface area contributed by atoms with Crippen molar-refractivity contribution in [3.63, 3.8) is 0 Å². The van der Waals surface area contributed by atoms with E-state index in [4.69, 9.17) is 4.74 Å². The minimum Gasteiger partial charge on any atom is -0.484 e. The van der Waals surface area contributed by atoms with Gasteiger partial charge in [0.05, 0.1) is 5.92 Å². The first kappa shape index (κ1) is 19.6. The van der Waals surface area contributed by atoms with Crippen LogP contribution >= 0.6 is 0 Å². The molecule has 2 aromatic rings. The molecule has 0 aliphatic carbocycles. The number of carbonyl (C=O) groups is 3. The normalized spacial score (nSPS) is 16.3. The Labute approximate surface area is 164 Å². The Morgan fingerprint density at radius 2 is 1.79 bits per heavy atom. The fourth-order valence-electron chi connectivity index (χ4n) is 3.21. The molecule has 6 nitrogen and oxygen atoms in total. The van der Waals surface area contributed by atoms with Crippen molar-refractivity contribution in [1.82, 2.24) is 4.90 Å². The summed E-state index contributed by atoms with van der Waals surface area (Å²) in [6.45, 7) is 2.43. The van der Waals surface area contributed by atoms with Crippen molar-refractivity contribution in [2.75, 3.05) is 25.0 Å². The first-order chi connectivity index (χ1) is 13.5. The van der Waals surface area contributed by atoms with E-state index in [-0.39, 0.29) is 30.1 Å². The summed E-state index contributed by atoms with van der Waals surface area (Å²) < 4.78 is 5.54. The molecular weight excluding hydrogens is 356 g/mol. The first-order valence-electron chi connectivity index (χ1n) is 9.40. The maximum atomic E-state index is 12.5. The van der Waals surface area contributed by atoms with Gasteiger partial charge in [-0.3, -0.25) is 14.4 Å². The predicted molar refractivity (Wildman–Crippen MR) is 106 cm³/mol. The van der Waals surface area contributed by atoms with Gasteiger partial charge in [0.25, 0.3) is 5.91 Å². The molecule has 0 unspecified atom stereocenters. The number of piperidine rings is 1. The second kappa shape index (κ2) is 9.17. The maximum absolute atomic E-state index is 12.5. The Bertz CT molecular complexity index is 833. The van der Waals surface area contributed by atoms with Crippen molar-refractivity contribution in [1.29, 1.82) is 0 Å². The van der Waals surface area contributed by atoms with Gasteiger partial charge in [-0.05, 0) is 56.2 Å². The Morgan fingerprint density at radius 3 is 2.46 bits per heavy atom. The van der Waals surface area contributed by atoms with Crippen LogP contribution < -0.4 is 10.1 Å². The minimum atomic E-state index is -0.229. The standard InChI is InChI=1S/C22H24N2O4/c1-16(25)17-9-11-20(12-10-17)28-15-21(26)24-13-5-6-18(14-24)22(27)23-19-7-3-2-4-8-19/h2-4,7-12,18H,5-6,13-15H2,1H3,(H,23,27)/t18-/m1/s1. The molecule has 1 saturated heterocycles. The van der Waals surface area contributed by atoms with E-state index in [1.165, 1.54) is 6.92 Å². The van der Waals surface area contributed by atoms with Gasteiger partial charge in [-0.25, -0.2) is 0 Å². The third kappa shape index (κ3) is 5.19. The molecule has 1 fully saturated rings. The Hall–Kier alpha value is -3.15. The van der Waals surface area contributed by atoms with Crippen LogP contribution in [0.15, 0.2) is 54.6 Å². The number of rotatable bonds is 6. The highest BCUT2D eigenvalue weighted by Gasteiger charge is 2.28. The molecule has 3 rings (SSSR count). The van der Waals surface area contributed by atoms with Gasteiger partial charge in [-0.1, -0.05) is 18.2 Å². The molecule has 1 N–H and O–H groups in total. The van der Waals surface area contributed by atoms with E-state index >= 15 is 0 Å². The third-order valence-electron chi connectivity index (χ3n) is 4.81. The molecule has 28 heavy (non-hydrogen) atoms. The molecular formula is C22H24N2O4. The van der Waals surface area contributed by atoms with Gasteiger partial charge in [0.15, 0.2) is 12.4 Å². The van der Waals surface area contributed by atoms with E-state index in [1.807, 2.05) is 30.3 Å². The summed E-state index contributed by atoms with van der Waals surface area (Å²) in [6, 6.07) is 16.0. The molecule has 1 heterocycles. The molecule has 0 saturated carbocycles. The van der Waals surface area contributed by atoms with Crippen LogP contribution in [0.25, 0.3) is 0 Å². The number of carbonyl (C=O) groups excluding carboxylic acids is 3. The maximum Gasteiger partial charge on any atom is 0.260 e. The van der Waals surface area contributed by atoms with Gasteiger partial charge in [0.2, 0.25) is 5.91 Å². The number of Topliss-reactive ketones (excluding diaryl/α,β-unsaturated/α-hetero) is 1. The van der Waals surface area contributed by atoms with Crippen LogP contribution in [-0.2, 0) is 9.59 Å². The average Bonchev–Trinajstić information content (AvgIpc) is 2.73. The summed E-state index contributed by atoms with van der Waals surface area (Å²) in [5.41, 5.74) is 1.36. The van der Waals surface area contributed by atoms with Crippen LogP contribution in [0.4, 0.5) is 5.69 Å². The molecule has 2 amide bonds. The van der Waals surface area contributed by atoms with Crippen LogP contribution in [0.1, 0.15) is 30.1 Å². The number of para-hydroxylation sites is 1. The smallest absolute Gasteiger partial charge is 0.260 e. The van der Waals surface area contributed by atoms with Gasteiger partial charge in [0.1, 0.15) is 5.75 Å². The highest BCUT2D eigenvalue weighted by Crippen LogP contribution is 2.19. The lowest BCUT2D eigenvalue weighted by Crippen LogP contribution is -2.45. The van der Waals surface area contributed by atoms with E-state index in [1.54, 1.807) is 29.2 Å². The highest BCUT2D eigenvalue weighted by molar-refractivity contribution is 5.94. The van der Waals surface area contributed by atoms with E-state index in [0.29, 0.717) is 24.4 Å². The fourth-order valence-corrected chi connectivity index (χ4v) is 3.21. The average molecular weight is 380 g/mol. The summed E-state index contributed by atoms with van der Waals surface area (Å²) in [5, 5.41) is 2.91. The van der Waals surface area contributed by atoms with Crippen LogP contribution in [0, 0.1) is 5.92 Å². The third-order valence-corrected chi connectivity index (χ3v) is 4.81. The van der Waals surface area contributed by atoms with E-state index < -0.39 is 0 Å². The highest BCUT2D eigenvalue weighted by atomic mass is 16.5. The zero-order valence-corrected chi connectivity index (χ0v) is 15.9. The minimum absolute atomic E-state index is 0.0178. The number of nitrogens with one attached hydrogen (secondary N) is 1. The number of ketones is 1. The largest absolute Gasteiger partial charge is 0.484 e. The van der Waals surface area contributed by atoms with Gasteiger partial charge in [-0.15, -0.1) is 0 Å². The summed E-state index contributed by atoms with van der Waals surface area (Å²) in [5.74, 6) is 0.0783. The lowest BCUT2D eigenvalue weighted by atomic mass is 9.97. The molecule has 0 bridgehead atoms. The summed E-state index contributed by atoms with van der Waals surface area (Å²) in [7, 11) is 0. The van der Waals surface area contributed by atoms with Crippen LogP contribution in [-0.4, -0.2) is 42.2 Å². The van der Waals surface area contributed by atoms with Crippen LogP contribution in [0.5, 0.6) is 5.75 Å². The molecule has 1 aliphatic heterocycles. The quantitative estimate of drug-likeness (QED) is 0.781. The monoisotopic (exact) mass is 380 g/mol. The number of hydrogen-bond donors (Lipinski definition) is 1. The SMILES string of the molecule is CC(=O)c1ccc(OCC(=O)N2CCC[C@@H](C(=O)Nc3ccccc3)C2)cc1. The van der Waals surface area contributed by atoms with Gasteiger partial charge in [0, 0.05) is 24.3 Å². The number of hydrogen-bond acceptors (Lipinski definition) is 4. The zero-order chi connectivity index (χ0) is 19.9. The van der Waals surface area contributed by atoms with Crippen LogP contribution in [0.3, 0.4) is 0 Å². The number of nitrogens with zero attached hydrogens (tertiary/aromatic N) is 1. The summed E-state index contributed by atoms with van der Waals surface area (Å²) in [4.78, 5) is 38.0. The number of likely N-dealkylation sites (tertiary alicyclic amines) is 1. The molecule has 0 spiro atoms. The Kier molecular flexibility index (Phi) is 6.42. The lowest BCUT2D eigenvalue weighted by Gasteiger charge is -2.32. The first-order valence-corrected chi connectivity index (χ1v) is 9.40. The molecule has 2 aromatic carbocycles. The van der Waals surface area contributed by atoms with E-state index in [0.717, 1.165) is 18.5 Å².